The van der Waals surface area contributed by atoms with Gasteiger partial charge >= 0.3 is 5.97 Å². The van der Waals surface area contributed by atoms with E-state index >= 15 is 0 Å². The van der Waals surface area contributed by atoms with E-state index in [1.54, 1.807) is 33.3 Å². The first kappa shape index (κ1) is 15.6. The summed E-state index contributed by atoms with van der Waals surface area (Å²) in [5.41, 5.74) is 2.25. The second kappa shape index (κ2) is 6.80. The van der Waals surface area contributed by atoms with Gasteiger partial charge in [0.15, 0.2) is 0 Å². The molecule has 0 atom stereocenters. The van der Waals surface area contributed by atoms with Gasteiger partial charge in [-0.15, -0.1) is 0 Å². The Morgan fingerprint density at radius 3 is 2.14 bits per heavy atom. The molecule has 114 valence electrons. The Balaban J connectivity index is 2.27. The third-order valence-electron chi connectivity index (χ3n) is 3.13. The van der Waals surface area contributed by atoms with Gasteiger partial charge in [0.2, 0.25) is 0 Å². The maximum atomic E-state index is 11.5. The predicted octanol–water partition coefficient (Wildman–Crippen LogP) is 3.85. The molecule has 0 radical (unpaired) electrons. The van der Waals surface area contributed by atoms with Crippen LogP contribution in [0, 0.1) is 0 Å². The Bertz CT molecular complexity index is 687. The highest BCUT2D eigenvalue weighted by Crippen LogP contribution is 2.34. The van der Waals surface area contributed by atoms with Crippen molar-refractivity contribution in [3.63, 3.8) is 0 Å². The summed E-state index contributed by atoms with van der Waals surface area (Å²) in [5.74, 6) is 1.48. The Morgan fingerprint density at radius 2 is 1.59 bits per heavy atom. The van der Waals surface area contributed by atoms with E-state index in [9.17, 15) is 4.79 Å². The molecule has 2 aromatic rings. The fourth-order valence-electron chi connectivity index (χ4n) is 1.93. The van der Waals surface area contributed by atoms with Crippen LogP contribution in [0.1, 0.15) is 6.92 Å². The average Bonchev–Trinajstić information content (AvgIpc) is 2.54. The van der Waals surface area contributed by atoms with Gasteiger partial charge in [-0.25, -0.2) is 4.79 Å². The van der Waals surface area contributed by atoms with Crippen LogP contribution in [0.3, 0.4) is 0 Å². The van der Waals surface area contributed by atoms with Crippen LogP contribution in [-0.2, 0) is 4.79 Å². The smallest absolute Gasteiger partial charge is 0.338 e. The maximum absolute atomic E-state index is 11.5. The zero-order valence-electron chi connectivity index (χ0n) is 12.9. The minimum Gasteiger partial charge on any atom is -0.497 e. The van der Waals surface area contributed by atoms with Gasteiger partial charge in [-0.1, -0.05) is 18.7 Å². The third kappa shape index (κ3) is 3.47. The van der Waals surface area contributed by atoms with Crippen molar-refractivity contribution in [1.82, 2.24) is 0 Å². The van der Waals surface area contributed by atoms with E-state index in [4.69, 9.17) is 14.2 Å². The number of rotatable bonds is 5. The first-order valence-corrected chi connectivity index (χ1v) is 6.75. The second-order valence-corrected chi connectivity index (χ2v) is 4.76. The van der Waals surface area contributed by atoms with Crippen LogP contribution in [0.15, 0.2) is 54.6 Å². The van der Waals surface area contributed by atoms with Gasteiger partial charge in [0.25, 0.3) is 0 Å². The quantitative estimate of drug-likeness (QED) is 0.478. The van der Waals surface area contributed by atoms with E-state index in [0.717, 1.165) is 16.9 Å². The van der Waals surface area contributed by atoms with E-state index < -0.39 is 5.97 Å². The van der Waals surface area contributed by atoms with Gasteiger partial charge in [0.1, 0.15) is 17.2 Å². The average molecular weight is 298 g/mol. The van der Waals surface area contributed by atoms with E-state index in [1.165, 1.54) is 0 Å². The van der Waals surface area contributed by atoms with Gasteiger partial charge < -0.3 is 14.2 Å². The Kier molecular flexibility index (Phi) is 4.84. The summed E-state index contributed by atoms with van der Waals surface area (Å²) in [6, 6.07) is 12.8. The van der Waals surface area contributed by atoms with E-state index in [1.807, 2.05) is 30.3 Å². The maximum Gasteiger partial charge on any atom is 0.338 e. The summed E-state index contributed by atoms with van der Waals surface area (Å²) in [6.07, 6.45) is 0. The summed E-state index contributed by atoms with van der Waals surface area (Å²) >= 11 is 0. The Morgan fingerprint density at radius 1 is 0.955 bits per heavy atom. The fraction of sp³-hybridized carbons (Fsp3) is 0.167. The SMILES string of the molecule is C=C(C)C(=O)Oc1ccc(-c2ccc(OC)cc2OC)cc1. The molecular weight excluding hydrogens is 280 g/mol. The Labute approximate surface area is 129 Å². The molecule has 4 nitrogen and oxygen atoms in total. The van der Waals surface area contributed by atoms with Crippen LogP contribution in [0.2, 0.25) is 0 Å². The van der Waals surface area contributed by atoms with Crippen LogP contribution >= 0.6 is 0 Å². The largest absolute Gasteiger partial charge is 0.497 e. The van der Waals surface area contributed by atoms with Crippen LogP contribution in [-0.4, -0.2) is 20.2 Å². The molecule has 0 heterocycles. The summed E-state index contributed by atoms with van der Waals surface area (Å²) in [6.45, 7) is 5.16. The minimum atomic E-state index is -0.435. The molecule has 2 rings (SSSR count). The molecule has 0 aromatic heterocycles. The van der Waals surface area contributed by atoms with Crippen molar-refractivity contribution in [2.24, 2.45) is 0 Å². The Hall–Kier alpha value is -2.75. The molecule has 0 aliphatic carbocycles. The number of esters is 1. The number of carbonyl (C=O) groups is 1. The molecule has 0 spiro atoms. The summed E-state index contributed by atoms with van der Waals surface area (Å²) in [7, 11) is 3.22. The highest BCUT2D eigenvalue weighted by Gasteiger charge is 2.09. The number of methoxy groups -OCH3 is 2. The lowest BCUT2D eigenvalue weighted by Crippen LogP contribution is -2.07. The summed E-state index contributed by atoms with van der Waals surface area (Å²) in [5, 5.41) is 0. The zero-order chi connectivity index (χ0) is 16.1. The topological polar surface area (TPSA) is 44.8 Å². The molecule has 2 aromatic carbocycles. The molecular formula is C18H18O4. The van der Waals surface area contributed by atoms with Crippen molar-refractivity contribution in [3.8, 4) is 28.4 Å². The number of benzene rings is 2. The molecule has 0 amide bonds. The number of ether oxygens (including phenoxy) is 3. The van der Waals surface area contributed by atoms with Crippen molar-refractivity contribution in [1.29, 1.82) is 0 Å². The second-order valence-electron chi connectivity index (χ2n) is 4.76. The summed E-state index contributed by atoms with van der Waals surface area (Å²) < 4.78 is 15.7. The standard InChI is InChI=1S/C18H18O4/c1-12(2)18(19)22-14-7-5-13(6-8-14)16-10-9-15(20-3)11-17(16)21-4/h5-11H,1H2,2-4H3. The number of carbonyl (C=O) groups excluding carboxylic acids is 1. The monoisotopic (exact) mass is 298 g/mol. The molecule has 0 unspecified atom stereocenters. The van der Waals surface area contributed by atoms with Crippen LogP contribution in [0.5, 0.6) is 17.2 Å². The lowest BCUT2D eigenvalue weighted by Gasteiger charge is -2.11. The fourth-order valence-corrected chi connectivity index (χ4v) is 1.93. The normalized spacial score (nSPS) is 9.95. The lowest BCUT2D eigenvalue weighted by molar-refractivity contribution is -0.130. The van der Waals surface area contributed by atoms with Gasteiger partial charge in [-0.2, -0.15) is 0 Å². The molecule has 0 aliphatic rings. The van der Waals surface area contributed by atoms with Crippen molar-refractivity contribution >= 4 is 5.97 Å². The van der Waals surface area contributed by atoms with Crippen molar-refractivity contribution in [2.45, 2.75) is 6.92 Å². The van der Waals surface area contributed by atoms with Crippen molar-refractivity contribution in [3.05, 3.63) is 54.6 Å². The highest BCUT2D eigenvalue weighted by molar-refractivity contribution is 5.88. The van der Waals surface area contributed by atoms with Gasteiger partial charge in [0.05, 0.1) is 14.2 Å². The van der Waals surface area contributed by atoms with Gasteiger partial charge in [-0.05, 0) is 36.8 Å². The number of hydrogen-bond acceptors (Lipinski definition) is 4. The molecule has 0 bridgehead atoms. The molecule has 22 heavy (non-hydrogen) atoms. The molecule has 4 heteroatoms. The summed E-state index contributed by atoms with van der Waals surface area (Å²) in [4.78, 5) is 11.5. The van der Waals surface area contributed by atoms with E-state index in [0.29, 0.717) is 17.1 Å². The van der Waals surface area contributed by atoms with Crippen molar-refractivity contribution < 1.29 is 19.0 Å². The highest BCUT2D eigenvalue weighted by atomic mass is 16.5. The molecule has 0 saturated carbocycles. The van der Waals surface area contributed by atoms with Crippen LogP contribution in [0.25, 0.3) is 11.1 Å². The minimum absolute atomic E-state index is 0.362. The van der Waals surface area contributed by atoms with Crippen LogP contribution < -0.4 is 14.2 Å². The van der Waals surface area contributed by atoms with Gasteiger partial charge in [0, 0.05) is 17.2 Å². The molecule has 0 saturated heterocycles. The van der Waals surface area contributed by atoms with E-state index in [-0.39, 0.29) is 0 Å². The molecule has 0 aliphatic heterocycles. The van der Waals surface area contributed by atoms with Crippen LogP contribution in [0.4, 0.5) is 0 Å². The third-order valence-corrected chi connectivity index (χ3v) is 3.13. The predicted molar refractivity (Wildman–Crippen MR) is 85.4 cm³/mol. The molecule has 0 fully saturated rings. The molecule has 0 N–H and O–H groups in total. The number of hydrogen-bond donors (Lipinski definition) is 0. The first-order valence-electron chi connectivity index (χ1n) is 6.75. The first-order chi connectivity index (χ1) is 10.5. The van der Waals surface area contributed by atoms with Crippen molar-refractivity contribution in [2.75, 3.05) is 14.2 Å². The van der Waals surface area contributed by atoms with E-state index in [2.05, 4.69) is 6.58 Å². The van der Waals surface area contributed by atoms with Gasteiger partial charge in [-0.3, -0.25) is 0 Å². The zero-order valence-corrected chi connectivity index (χ0v) is 12.9. The lowest BCUT2D eigenvalue weighted by atomic mass is 10.0.